The van der Waals surface area contributed by atoms with Gasteiger partial charge in [0.25, 0.3) is 0 Å². The highest BCUT2D eigenvalue weighted by molar-refractivity contribution is 7.25. The number of hydrogen-bond donors (Lipinski definition) is 0. The molecule has 0 aliphatic heterocycles. The SMILES string of the molecule is c1ccc(N(c2ccc3oc4c(c3c2)c2cc(N(c3ccccc3)c3ccc5c(c3)sc3ccccc35)ccc2n4-c2ccccc2)c2ccc3c(c2)c2ccccc2n3-c2ccccc2)cc1. The first-order valence-electron chi connectivity index (χ1n) is 23.0. The lowest BCUT2D eigenvalue weighted by atomic mass is 10.1. The van der Waals surface area contributed by atoms with E-state index >= 15 is 0 Å². The fraction of sp³-hybridized carbons (Fsp3) is 0. The van der Waals surface area contributed by atoms with Crippen LogP contribution in [0.2, 0.25) is 0 Å². The zero-order valence-electron chi connectivity index (χ0n) is 36.7. The Balaban J connectivity index is 0.988. The van der Waals surface area contributed by atoms with Crippen LogP contribution in [0.15, 0.2) is 247 Å². The molecule has 0 unspecified atom stereocenters. The molecule has 4 heterocycles. The molecule has 320 valence electrons. The molecule has 0 bridgehead atoms. The van der Waals surface area contributed by atoms with Crippen molar-refractivity contribution in [3.8, 4) is 11.4 Å². The van der Waals surface area contributed by atoms with Crippen molar-refractivity contribution in [2.24, 2.45) is 0 Å². The van der Waals surface area contributed by atoms with Crippen LogP contribution < -0.4 is 9.80 Å². The molecule has 0 N–H and O–H groups in total. The second-order valence-electron chi connectivity index (χ2n) is 17.3. The van der Waals surface area contributed by atoms with Gasteiger partial charge < -0.3 is 18.8 Å². The van der Waals surface area contributed by atoms with Crippen molar-refractivity contribution in [2.75, 3.05) is 9.80 Å². The van der Waals surface area contributed by atoms with Gasteiger partial charge in [0.2, 0.25) is 5.71 Å². The van der Waals surface area contributed by atoms with E-state index in [9.17, 15) is 0 Å². The molecule has 0 aliphatic carbocycles. The van der Waals surface area contributed by atoms with E-state index in [1.807, 2.05) is 11.3 Å². The van der Waals surface area contributed by atoms with E-state index < -0.39 is 0 Å². The minimum Gasteiger partial charge on any atom is -0.439 e. The van der Waals surface area contributed by atoms with E-state index in [1.165, 1.54) is 42.0 Å². The maximum absolute atomic E-state index is 7.00. The summed E-state index contributed by atoms with van der Waals surface area (Å²) < 4.78 is 14.2. The molecule has 0 amide bonds. The normalized spacial score (nSPS) is 11.8. The predicted octanol–water partition coefficient (Wildman–Crippen LogP) is 17.9. The fourth-order valence-corrected chi connectivity index (χ4v) is 11.6. The quantitative estimate of drug-likeness (QED) is 0.152. The lowest BCUT2D eigenvalue weighted by Gasteiger charge is -2.26. The molecule has 0 fully saturated rings. The largest absolute Gasteiger partial charge is 0.439 e. The maximum Gasteiger partial charge on any atom is 0.213 e. The summed E-state index contributed by atoms with van der Waals surface area (Å²) >= 11 is 1.85. The molecule has 10 aromatic carbocycles. The number of benzene rings is 10. The molecule has 5 nitrogen and oxygen atoms in total. The monoisotopic (exact) mass is 888 g/mol. The van der Waals surface area contributed by atoms with Crippen LogP contribution in [0.25, 0.3) is 86.3 Å². The highest BCUT2D eigenvalue weighted by Gasteiger charge is 2.24. The van der Waals surface area contributed by atoms with Gasteiger partial charge in [0.05, 0.1) is 21.9 Å². The molecule has 0 saturated carbocycles. The zero-order valence-corrected chi connectivity index (χ0v) is 37.5. The summed E-state index contributed by atoms with van der Waals surface area (Å²) in [6, 6.07) is 87.3. The molecule has 0 atom stereocenters. The van der Waals surface area contributed by atoms with Gasteiger partial charge >= 0.3 is 0 Å². The van der Waals surface area contributed by atoms with Crippen molar-refractivity contribution in [1.82, 2.24) is 9.13 Å². The standard InChI is InChI=1S/C62H40N4OS/c1-5-17-41(18-6-1)63(45-30-34-56-52(37-45)49-25-13-15-27-55(49)65(56)43-21-9-3-10-22-43)47-32-36-58-54(39-47)61-53-38-46(31-35-57(53)66(62(61)67-58)44-23-11-4-12-24-44)64(42-19-7-2-8-20-42)48-29-33-51-50-26-14-16-28-59(50)68-60(51)40-48/h1-40H. The van der Waals surface area contributed by atoms with Gasteiger partial charge in [-0.1, -0.05) is 115 Å². The van der Waals surface area contributed by atoms with Crippen molar-refractivity contribution >= 4 is 120 Å². The Labute approximate surface area is 395 Å². The average molecular weight is 889 g/mol. The van der Waals surface area contributed by atoms with Crippen LogP contribution in [-0.2, 0) is 0 Å². The Kier molecular flexibility index (Phi) is 8.69. The lowest BCUT2D eigenvalue weighted by Crippen LogP contribution is -2.09. The van der Waals surface area contributed by atoms with E-state index in [4.69, 9.17) is 4.42 Å². The van der Waals surface area contributed by atoms with Gasteiger partial charge in [0, 0.05) is 87.2 Å². The summed E-state index contributed by atoms with van der Waals surface area (Å²) in [6.45, 7) is 0. The van der Waals surface area contributed by atoms with Crippen LogP contribution in [0.4, 0.5) is 34.1 Å². The summed E-state index contributed by atoms with van der Waals surface area (Å²) in [5.74, 6) is 0. The van der Waals surface area contributed by atoms with Gasteiger partial charge in [-0.3, -0.25) is 4.57 Å². The number of aromatic nitrogens is 2. The molecule has 68 heavy (non-hydrogen) atoms. The number of fused-ring (bicyclic) bond motifs is 11. The molecule has 14 aromatic rings. The summed E-state index contributed by atoms with van der Waals surface area (Å²) in [4.78, 5) is 4.75. The van der Waals surface area contributed by atoms with Crippen molar-refractivity contribution in [3.05, 3.63) is 243 Å². The number of para-hydroxylation sites is 5. The predicted molar refractivity (Wildman–Crippen MR) is 287 cm³/mol. The molecule has 4 aromatic heterocycles. The Morgan fingerprint density at radius 3 is 1.46 bits per heavy atom. The smallest absolute Gasteiger partial charge is 0.213 e. The van der Waals surface area contributed by atoms with Crippen LogP contribution >= 0.6 is 11.3 Å². The molecule has 0 aliphatic rings. The number of rotatable bonds is 8. The third kappa shape index (κ3) is 6.01. The Morgan fingerprint density at radius 2 is 0.779 bits per heavy atom. The van der Waals surface area contributed by atoms with Gasteiger partial charge in [-0.2, -0.15) is 0 Å². The molecule has 6 heteroatoms. The third-order valence-electron chi connectivity index (χ3n) is 13.5. The van der Waals surface area contributed by atoms with Gasteiger partial charge in [-0.15, -0.1) is 11.3 Å². The molecular formula is C62H40N4OS. The highest BCUT2D eigenvalue weighted by Crippen LogP contribution is 2.47. The first-order valence-corrected chi connectivity index (χ1v) is 23.8. The fourth-order valence-electron chi connectivity index (χ4n) is 10.5. The Hall–Kier alpha value is -8.84. The maximum atomic E-state index is 7.00. The molecule has 0 spiro atoms. The van der Waals surface area contributed by atoms with E-state index in [0.29, 0.717) is 0 Å². The molecular weight excluding hydrogens is 849 g/mol. The Bertz CT molecular complexity index is 4210. The van der Waals surface area contributed by atoms with Gasteiger partial charge in [0.15, 0.2) is 0 Å². The molecule has 0 saturated heterocycles. The van der Waals surface area contributed by atoms with Crippen LogP contribution in [-0.4, -0.2) is 9.13 Å². The molecule has 14 rings (SSSR count). The number of nitrogens with zero attached hydrogens (tertiary/aromatic N) is 4. The van der Waals surface area contributed by atoms with Crippen molar-refractivity contribution in [3.63, 3.8) is 0 Å². The van der Waals surface area contributed by atoms with Crippen LogP contribution in [0.5, 0.6) is 0 Å². The third-order valence-corrected chi connectivity index (χ3v) is 14.6. The zero-order chi connectivity index (χ0) is 44.7. The summed E-state index contributed by atoms with van der Waals surface area (Å²) in [5, 5.41) is 8.23. The van der Waals surface area contributed by atoms with Crippen LogP contribution in [0.1, 0.15) is 0 Å². The van der Waals surface area contributed by atoms with Crippen LogP contribution in [0.3, 0.4) is 0 Å². The van der Waals surface area contributed by atoms with Gasteiger partial charge in [-0.25, -0.2) is 0 Å². The minimum absolute atomic E-state index is 0.815. The van der Waals surface area contributed by atoms with E-state index in [-0.39, 0.29) is 0 Å². The topological polar surface area (TPSA) is 29.5 Å². The van der Waals surface area contributed by atoms with E-state index in [0.717, 1.165) is 78.5 Å². The number of hydrogen-bond acceptors (Lipinski definition) is 4. The summed E-state index contributed by atoms with van der Waals surface area (Å²) in [6.07, 6.45) is 0. The average Bonchev–Trinajstić information content (AvgIpc) is 4.14. The van der Waals surface area contributed by atoms with Crippen molar-refractivity contribution in [2.45, 2.75) is 0 Å². The second-order valence-corrected chi connectivity index (χ2v) is 18.4. The van der Waals surface area contributed by atoms with Crippen molar-refractivity contribution in [1.29, 1.82) is 0 Å². The van der Waals surface area contributed by atoms with E-state index in [2.05, 4.69) is 262 Å². The van der Waals surface area contributed by atoms with Gasteiger partial charge in [0.1, 0.15) is 5.58 Å². The Morgan fingerprint density at radius 1 is 0.309 bits per heavy atom. The highest BCUT2D eigenvalue weighted by atomic mass is 32.1. The first kappa shape index (κ1) is 38.4. The second kappa shape index (κ2) is 15.4. The number of anilines is 6. The van der Waals surface area contributed by atoms with Crippen molar-refractivity contribution < 1.29 is 4.42 Å². The van der Waals surface area contributed by atoms with Gasteiger partial charge in [-0.05, 0) is 127 Å². The number of thiophene rings is 1. The van der Waals surface area contributed by atoms with Crippen LogP contribution in [0, 0.1) is 0 Å². The number of furan rings is 1. The summed E-state index contributed by atoms with van der Waals surface area (Å²) in [7, 11) is 0. The molecule has 0 radical (unpaired) electrons. The van der Waals surface area contributed by atoms with E-state index in [1.54, 1.807) is 0 Å². The lowest BCUT2D eigenvalue weighted by molar-refractivity contribution is 0.645. The minimum atomic E-state index is 0.815. The summed E-state index contributed by atoms with van der Waals surface area (Å²) in [5.41, 5.74) is 13.7. The first-order chi connectivity index (χ1) is 33.7.